The molecule has 2 saturated heterocycles. The maximum absolute atomic E-state index is 3.83. The molecule has 306 valence electrons. The molecular weight excluding hydrogens is 709 g/mol. The Balaban J connectivity index is 1.77. The molecule has 2 nitrogen and oxygen atoms in total. The third-order valence-electron chi connectivity index (χ3n) is 15.0. The molecule has 3 aromatic rings. The minimum atomic E-state index is -1.68. The number of hydrogen-bond acceptors (Lipinski definition) is 2. The quantitative estimate of drug-likeness (QED) is 0.112. The maximum atomic E-state index is 3.83. The van der Waals surface area contributed by atoms with Crippen LogP contribution in [0, 0.1) is 0 Å². The Labute approximate surface area is 346 Å². The molecule has 0 aliphatic carbocycles. The van der Waals surface area contributed by atoms with Gasteiger partial charge >= 0.3 is 0 Å². The fourth-order valence-corrected chi connectivity index (χ4v) is 12.8. The minimum Gasteiger partial charge on any atom is -0.389 e. The van der Waals surface area contributed by atoms with Gasteiger partial charge in [-0.15, -0.1) is 0 Å². The van der Waals surface area contributed by atoms with Crippen molar-refractivity contribution in [3.05, 3.63) is 119 Å². The lowest BCUT2D eigenvalue weighted by molar-refractivity contribution is 0.512. The van der Waals surface area contributed by atoms with Gasteiger partial charge in [-0.25, -0.2) is 0 Å². The number of unbranched alkanes of at least 4 members (excludes halogenated alkanes) is 4. The number of benzene rings is 3. The van der Waals surface area contributed by atoms with Gasteiger partial charge in [0.2, 0.25) is 0 Å². The highest BCUT2D eigenvalue weighted by atomic mass is 28.3. The van der Waals surface area contributed by atoms with Gasteiger partial charge in [0, 0.05) is 35.3 Å². The average molecular weight is 789 g/mol. The van der Waals surface area contributed by atoms with Crippen molar-refractivity contribution in [3.63, 3.8) is 0 Å². The van der Waals surface area contributed by atoms with E-state index in [0.717, 1.165) is 38.8 Å². The largest absolute Gasteiger partial charge is 0.389 e. The van der Waals surface area contributed by atoms with Crippen LogP contribution < -0.4 is 21.0 Å². The van der Waals surface area contributed by atoms with Crippen LogP contribution in [0.25, 0.3) is 0 Å². The zero-order valence-corrected chi connectivity index (χ0v) is 40.0. The summed E-state index contributed by atoms with van der Waals surface area (Å²) in [7, 11) is -3.36. The molecule has 0 aromatic heterocycles. The first-order valence-corrected chi connectivity index (χ1v) is 28.7. The maximum Gasteiger partial charge on any atom is 0.0859 e. The predicted molar refractivity (Wildman–Crippen MR) is 253 cm³/mol. The van der Waals surface area contributed by atoms with Crippen LogP contribution in [0.15, 0.2) is 96.3 Å². The third-order valence-corrected chi connectivity index (χ3v) is 26.1. The van der Waals surface area contributed by atoms with Crippen LogP contribution in [0.1, 0.15) is 155 Å². The molecule has 2 heterocycles. The standard InChI is InChI=1S/C52H80N2Si2/c1-13-15-17-34-51(39-45-24-20-36-53-45,41-26-30-47(31-27-41)55(9,10)49(3,4)5)43-22-19-23-44(38-43)52(35-18-16-14-2,40-46-25-21-37-54-46)42-28-32-48(33-29-42)56(11,12)50(6,7)8/h19,22-23,26-33,38-40,53-54H,13-18,20-21,24-25,34-37H2,1-12H3/b45-39+,46-40+. The SMILES string of the molecule is CCCCCC(/C=C1\CCCN1)(c1ccc([Si](C)(C)C(C)(C)C)cc1)c1cccc(C(/C=C2\CCCN2)(CCCCC)c2ccc([Si](C)(C)C(C)(C)C)cc2)c1. The molecule has 4 heteroatoms. The van der Waals surface area contributed by atoms with Gasteiger partial charge in [0.15, 0.2) is 0 Å². The third kappa shape index (κ3) is 9.38. The molecule has 2 N–H and O–H groups in total. The molecule has 0 bridgehead atoms. The van der Waals surface area contributed by atoms with Crippen LogP contribution in [-0.2, 0) is 10.8 Å². The fourth-order valence-electron chi connectivity index (χ4n) is 9.08. The van der Waals surface area contributed by atoms with E-state index < -0.39 is 16.1 Å². The normalized spacial score (nSPS) is 19.1. The Kier molecular flexibility index (Phi) is 14.2. The molecular formula is C52H80N2Si2. The van der Waals surface area contributed by atoms with Crippen molar-refractivity contribution in [2.75, 3.05) is 13.1 Å². The number of rotatable bonds is 16. The van der Waals surface area contributed by atoms with E-state index >= 15 is 0 Å². The van der Waals surface area contributed by atoms with Crippen molar-refractivity contribution in [2.24, 2.45) is 0 Å². The molecule has 2 fully saturated rings. The lowest BCUT2D eigenvalue weighted by Crippen LogP contribution is -2.49. The molecule has 2 aliphatic rings. The lowest BCUT2D eigenvalue weighted by atomic mass is 9.66. The molecule has 0 radical (unpaired) electrons. The van der Waals surface area contributed by atoms with E-state index in [4.69, 9.17) is 0 Å². The molecule has 2 aliphatic heterocycles. The van der Waals surface area contributed by atoms with Gasteiger partial charge in [-0.2, -0.15) is 0 Å². The van der Waals surface area contributed by atoms with Crippen molar-refractivity contribution >= 4 is 26.5 Å². The molecule has 56 heavy (non-hydrogen) atoms. The van der Waals surface area contributed by atoms with Gasteiger partial charge in [-0.1, -0.05) is 215 Å². The first-order valence-electron chi connectivity index (χ1n) is 22.7. The van der Waals surface area contributed by atoms with E-state index in [0.29, 0.717) is 10.1 Å². The fraction of sp³-hybridized carbons (Fsp3) is 0.577. The van der Waals surface area contributed by atoms with Crippen molar-refractivity contribution in [1.82, 2.24) is 10.6 Å². The number of hydrogen-bond donors (Lipinski definition) is 2. The Morgan fingerprint density at radius 1 is 0.518 bits per heavy atom. The Morgan fingerprint density at radius 3 is 1.20 bits per heavy atom. The van der Waals surface area contributed by atoms with Crippen molar-refractivity contribution in [1.29, 1.82) is 0 Å². The Hall–Kier alpha value is -2.83. The molecule has 0 spiro atoms. The van der Waals surface area contributed by atoms with Crippen LogP contribution in [-0.4, -0.2) is 29.2 Å². The summed E-state index contributed by atoms with van der Waals surface area (Å²) in [6.45, 7) is 31.7. The zero-order valence-electron chi connectivity index (χ0n) is 38.0. The van der Waals surface area contributed by atoms with Crippen LogP contribution in [0.3, 0.4) is 0 Å². The van der Waals surface area contributed by atoms with Crippen molar-refractivity contribution in [2.45, 2.75) is 180 Å². The summed E-state index contributed by atoms with van der Waals surface area (Å²) in [5.41, 5.74) is 8.20. The topological polar surface area (TPSA) is 24.1 Å². The van der Waals surface area contributed by atoms with Crippen LogP contribution >= 0.6 is 0 Å². The summed E-state index contributed by atoms with van der Waals surface area (Å²) in [6, 6.07) is 30.2. The van der Waals surface area contributed by atoms with E-state index in [-0.39, 0.29) is 10.8 Å². The van der Waals surface area contributed by atoms with Crippen molar-refractivity contribution < 1.29 is 0 Å². The van der Waals surface area contributed by atoms with Gasteiger partial charge in [0.1, 0.15) is 0 Å². The summed E-state index contributed by atoms with van der Waals surface area (Å²) >= 11 is 0. The highest BCUT2D eigenvalue weighted by Gasteiger charge is 2.41. The Morgan fingerprint density at radius 2 is 0.893 bits per heavy atom. The van der Waals surface area contributed by atoms with Crippen molar-refractivity contribution in [3.8, 4) is 0 Å². The highest BCUT2D eigenvalue weighted by Crippen LogP contribution is 2.46. The van der Waals surface area contributed by atoms with Crippen LogP contribution in [0.5, 0.6) is 0 Å². The summed E-state index contributed by atoms with van der Waals surface area (Å²) in [5.74, 6) is 0. The van der Waals surface area contributed by atoms with E-state index in [2.05, 4.69) is 177 Å². The molecule has 2 unspecified atom stereocenters. The summed E-state index contributed by atoms with van der Waals surface area (Å²) < 4.78 is 0. The van der Waals surface area contributed by atoms with Gasteiger partial charge in [0.05, 0.1) is 16.1 Å². The molecule has 5 rings (SSSR count). The van der Waals surface area contributed by atoms with Gasteiger partial charge in [-0.3, -0.25) is 0 Å². The zero-order chi connectivity index (χ0) is 40.8. The molecule has 2 atom stereocenters. The summed E-state index contributed by atoms with van der Waals surface area (Å²) in [5, 5.41) is 11.4. The molecule has 0 saturated carbocycles. The molecule has 0 amide bonds. The van der Waals surface area contributed by atoms with E-state index in [1.54, 1.807) is 10.4 Å². The second-order valence-electron chi connectivity index (χ2n) is 20.7. The second-order valence-corrected chi connectivity index (χ2v) is 31.4. The average Bonchev–Trinajstić information content (AvgIpc) is 3.88. The number of nitrogens with one attached hydrogen (secondary N) is 2. The first kappa shape index (κ1) is 44.3. The molecule has 3 aromatic carbocycles. The van der Waals surface area contributed by atoms with E-state index in [9.17, 15) is 0 Å². The highest BCUT2D eigenvalue weighted by molar-refractivity contribution is 6.92. The van der Waals surface area contributed by atoms with Gasteiger partial charge in [0.25, 0.3) is 0 Å². The van der Waals surface area contributed by atoms with Crippen LogP contribution in [0.4, 0.5) is 0 Å². The second kappa shape index (κ2) is 18.0. The van der Waals surface area contributed by atoms with Gasteiger partial charge in [-0.05, 0) is 70.9 Å². The number of allylic oxidation sites excluding steroid dienone is 4. The minimum absolute atomic E-state index is 0.218. The smallest absolute Gasteiger partial charge is 0.0859 e. The summed E-state index contributed by atoms with van der Waals surface area (Å²) in [6.07, 6.45) is 19.6. The summed E-state index contributed by atoms with van der Waals surface area (Å²) in [4.78, 5) is 0. The lowest BCUT2D eigenvalue weighted by Gasteiger charge is -2.39. The van der Waals surface area contributed by atoms with Crippen LogP contribution in [0.2, 0.25) is 36.3 Å². The van der Waals surface area contributed by atoms with Gasteiger partial charge < -0.3 is 10.6 Å². The van der Waals surface area contributed by atoms with E-state index in [1.807, 2.05) is 0 Å². The Bertz CT molecular complexity index is 1640. The predicted octanol–water partition coefficient (Wildman–Crippen LogP) is 13.4. The first-order chi connectivity index (χ1) is 26.4. The monoisotopic (exact) mass is 789 g/mol. The van der Waals surface area contributed by atoms with E-state index in [1.165, 1.54) is 85.0 Å².